The minimum atomic E-state index is -0.214. The average molecular weight is 367 g/mol. The highest BCUT2D eigenvalue weighted by atomic mass is 16.5. The molecule has 0 aliphatic rings. The molecule has 1 aromatic rings. The molecule has 0 amide bonds. The molecule has 0 saturated heterocycles. The molecule has 5 heteroatoms. The smallest absolute Gasteiger partial charge is 0.351 e. The highest BCUT2D eigenvalue weighted by molar-refractivity contribution is 5.21. The van der Waals surface area contributed by atoms with Gasteiger partial charge in [0.05, 0.1) is 6.61 Å². The van der Waals surface area contributed by atoms with E-state index < -0.39 is 0 Å². The lowest BCUT2D eigenvalue weighted by molar-refractivity contribution is 0.233. The van der Waals surface area contributed by atoms with Crippen LogP contribution in [-0.2, 0) is 4.74 Å². The fourth-order valence-corrected chi connectivity index (χ4v) is 2.62. The molecule has 0 saturated carbocycles. The number of unbranched alkanes of at least 4 members (excludes halogenated alkanes) is 2. The first-order valence-corrected chi connectivity index (χ1v) is 10.0. The summed E-state index contributed by atoms with van der Waals surface area (Å²) in [5, 5.41) is 0. The van der Waals surface area contributed by atoms with Gasteiger partial charge < -0.3 is 9.47 Å². The Bertz CT molecular complexity index is 545. The quantitative estimate of drug-likeness (QED) is 0.484. The second kappa shape index (κ2) is 15.6. The second-order valence-electron chi connectivity index (χ2n) is 6.09. The van der Waals surface area contributed by atoms with Crippen molar-refractivity contribution in [1.82, 2.24) is 9.55 Å². The Labute approximate surface area is 159 Å². The van der Waals surface area contributed by atoms with Crippen LogP contribution in [0.5, 0.6) is 5.88 Å². The van der Waals surface area contributed by atoms with Gasteiger partial charge >= 0.3 is 5.69 Å². The molecule has 0 aromatic carbocycles. The van der Waals surface area contributed by atoms with Crippen molar-refractivity contribution >= 4 is 0 Å². The molecule has 0 N–H and O–H groups in total. The third-order valence-electron chi connectivity index (χ3n) is 4.01. The maximum absolute atomic E-state index is 12.4. The van der Waals surface area contributed by atoms with Gasteiger partial charge in [0, 0.05) is 24.9 Å². The Kier molecular flexibility index (Phi) is 14.6. The van der Waals surface area contributed by atoms with Crippen molar-refractivity contribution in [1.29, 1.82) is 0 Å². The summed E-state index contributed by atoms with van der Waals surface area (Å²) in [7, 11) is 1.64. The van der Waals surface area contributed by atoms with Crippen LogP contribution in [-0.4, -0.2) is 29.9 Å². The normalized spacial score (nSPS) is 10.9. The minimum Gasteiger partial charge on any atom is -0.473 e. The zero-order valence-corrected chi connectivity index (χ0v) is 17.6. The van der Waals surface area contributed by atoms with Gasteiger partial charge in [-0.05, 0) is 25.8 Å². The first kappa shape index (κ1) is 24.4. The van der Waals surface area contributed by atoms with Crippen molar-refractivity contribution in [3.05, 3.63) is 34.4 Å². The van der Waals surface area contributed by atoms with E-state index in [1.165, 1.54) is 0 Å². The van der Waals surface area contributed by atoms with Gasteiger partial charge in [0.2, 0.25) is 5.88 Å². The van der Waals surface area contributed by atoms with Crippen molar-refractivity contribution in [3.63, 3.8) is 0 Å². The summed E-state index contributed by atoms with van der Waals surface area (Å²) < 4.78 is 12.3. The molecule has 5 nitrogen and oxygen atoms in total. The topological polar surface area (TPSA) is 53.4 Å². The summed E-state index contributed by atoms with van der Waals surface area (Å²) in [5.41, 5.74) is 0.682. The first-order chi connectivity index (χ1) is 12.6. The third-order valence-corrected chi connectivity index (χ3v) is 4.01. The van der Waals surface area contributed by atoms with E-state index in [2.05, 4.69) is 18.8 Å². The molecule has 0 aliphatic carbocycles. The SMILES string of the molecule is CC.CCCCC(CCCC)n1cc(C)c(OC/C=C/COC)nc1=O. The van der Waals surface area contributed by atoms with Crippen molar-refractivity contribution in [2.24, 2.45) is 0 Å². The summed E-state index contributed by atoms with van der Waals surface area (Å²) in [6.45, 7) is 11.2. The lowest BCUT2D eigenvalue weighted by Crippen LogP contribution is -2.28. The molecule has 0 atom stereocenters. The van der Waals surface area contributed by atoms with Crippen molar-refractivity contribution in [3.8, 4) is 5.88 Å². The fraction of sp³-hybridized carbons (Fsp3) is 0.714. The highest BCUT2D eigenvalue weighted by Gasteiger charge is 2.15. The lowest BCUT2D eigenvalue weighted by Gasteiger charge is -2.20. The number of hydrogen-bond donors (Lipinski definition) is 0. The van der Waals surface area contributed by atoms with Gasteiger partial charge in [0.25, 0.3) is 0 Å². The molecule has 150 valence electrons. The van der Waals surface area contributed by atoms with Crippen LogP contribution >= 0.6 is 0 Å². The van der Waals surface area contributed by atoms with E-state index in [0.717, 1.165) is 44.1 Å². The Hall–Kier alpha value is -1.62. The fourth-order valence-electron chi connectivity index (χ4n) is 2.62. The van der Waals surface area contributed by atoms with Crippen LogP contribution in [0.2, 0.25) is 0 Å². The number of hydrogen-bond acceptors (Lipinski definition) is 4. The Morgan fingerprint density at radius 1 is 1.12 bits per heavy atom. The summed E-state index contributed by atoms with van der Waals surface area (Å²) >= 11 is 0. The van der Waals surface area contributed by atoms with E-state index in [0.29, 0.717) is 19.1 Å². The molecule has 1 aromatic heterocycles. The molecule has 1 heterocycles. The van der Waals surface area contributed by atoms with Gasteiger partial charge in [-0.25, -0.2) is 4.79 Å². The Morgan fingerprint density at radius 2 is 1.69 bits per heavy atom. The number of ether oxygens (including phenoxy) is 2. The Morgan fingerprint density at radius 3 is 2.23 bits per heavy atom. The molecule has 0 radical (unpaired) electrons. The van der Waals surface area contributed by atoms with E-state index >= 15 is 0 Å². The molecule has 0 aliphatic heterocycles. The van der Waals surface area contributed by atoms with Crippen LogP contribution in [0.3, 0.4) is 0 Å². The molecule has 0 bridgehead atoms. The maximum Gasteiger partial charge on any atom is 0.351 e. The van der Waals surface area contributed by atoms with Gasteiger partial charge in [-0.1, -0.05) is 59.5 Å². The number of aryl methyl sites for hydroxylation is 1. The van der Waals surface area contributed by atoms with Crippen molar-refractivity contribution in [2.45, 2.75) is 79.2 Å². The van der Waals surface area contributed by atoms with Gasteiger partial charge in [0.1, 0.15) is 6.61 Å². The minimum absolute atomic E-state index is 0.214. The van der Waals surface area contributed by atoms with Crippen LogP contribution in [0.15, 0.2) is 23.1 Å². The zero-order valence-electron chi connectivity index (χ0n) is 17.6. The standard InChI is InChI=1S/C19H32N2O3.C2H6/c1-5-7-11-17(12-8-6-2)21-15-16(3)18(20-19(21)22)24-14-10-9-13-23-4;1-2/h9-10,15,17H,5-8,11-14H2,1-4H3;1-2H3/b10-9+;. The van der Waals surface area contributed by atoms with Crippen LogP contribution in [0.4, 0.5) is 0 Å². The first-order valence-electron chi connectivity index (χ1n) is 10.0. The maximum atomic E-state index is 12.4. The van der Waals surface area contributed by atoms with E-state index in [-0.39, 0.29) is 11.7 Å². The largest absolute Gasteiger partial charge is 0.473 e. The molecular formula is C21H38N2O3. The molecule has 1 rings (SSSR count). The van der Waals surface area contributed by atoms with Gasteiger partial charge in [-0.3, -0.25) is 4.57 Å². The summed E-state index contributed by atoms with van der Waals surface area (Å²) in [5.74, 6) is 0.419. The average Bonchev–Trinajstić information content (AvgIpc) is 2.66. The number of methoxy groups -OCH3 is 1. The third kappa shape index (κ3) is 9.18. The number of rotatable bonds is 12. The van der Waals surface area contributed by atoms with E-state index in [9.17, 15) is 4.79 Å². The summed E-state index contributed by atoms with van der Waals surface area (Å²) in [6, 6.07) is 0.235. The number of aromatic nitrogens is 2. The van der Waals surface area contributed by atoms with E-state index in [1.54, 1.807) is 11.7 Å². The summed E-state index contributed by atoms with van der Waals surface area (Å²) in [4.78, 5) is 16.6. The van der Waals surface area contributed by atoms with Crippen LogP contribution in [0.25, 0.3) is 0 Å². The predicted molar refractivity (Wildman–Crippen MR) is 109 cm³/mol. The van der Waals surface area contributed by atoms with Crippen molar-refractivity contribution in [2.75, 3.05) is 20.3 Å². The van der Waals surface area contributed by atoms with Crippen LogP contribution in [0, 0.1) is 6.92 Å². The van der Waals surface area contributed by atoms with Crippen LogP contribution in [0.1, 0.15) is 77.8 Å². The van der Waals surface area contributed by atoms with Crippen LogP contribution < -0.4 is 10.4 Å². The van der Waals surface area contributed by atoms with Gasteiger partial charge in [-0.15, -0.1) is 0 Å². The Balaban J connectivity index is 0.00000301. The van der Waals surface area contributed by atoms with Crippen molar-refractivity contribution < 1.29 is 9.47 Å². The molecule has 0 unspecified atom stereocenters. The molecule has 0 spiro atoms. The van der Waals surface area contributed by atoms with Gasteiger partial charge in [-0.2, -0.15) is 4.98 Å². The molecule has 0 fully saturated rings. The lowest BCUT2D eigenvalue weighted by atomic mass is 10.0. The monoisotopic (exact) mass is 366 g/mol. The van der Waals surface area contributed by atoms with E-state index in [4.69, 9.17) is 9.47 Å². The molecular weight excluding hydrogens is 328 g/mol. The predicted octanol–water partition coefficient (Wildman–Crippen LogP) is 5.08. The summed E-state index contributed by atoms with van der Waals surface area (Å²) in [6.07, 6.45) is 12.2. The molecule has 26 heavy (non-hydrogen) atoms. The highest BCUT2D eigenvalue weighted by Crippen LogP contribution is 2.22. The van der Waals surface area contributed by atoms with E-state index in [1.807, 2.05) is 39.1 Å². The number of nitrogens with zero attached hydrogens (tertiary/aromatic N) is 2. The second-order valence-corrected chi connectivity index (χ2v) is 6.09. The van der Waals surface area contributed by atoms with Gasteiger partial charge in [0.15, 0.2) is 0 Å². The zero-order chi connectivity index (χ0) is 19.8.